The molecule has 0 atom stereocenters. The number of carbonyl (C=O) groups excluding carboxylic acids is 1. The van der Waals surface area contributed by atoms with Crippen molar-refractivity contribution in [1.82, 2.24) is 9.62 Å². The van der Waals surface area contributed by atoms with Crippen molar-refractivity contribution >= 4 is 38.5 Å². The maximum Gasteiger partial charge on any atom is 0.287 e. The molecule has 6 nitrogen and oxygen atoms in total. The molecule has 0 fully saturated rings. The van der Waals surface area contributed by atoms with Gasteiger partial charge in [0.05, 0.1) is 4.90 Å². The number of hydrogen-bond donors (Lipinski definition) is 1. The molecule has 0 aliphatic heterocycles. The van der Waals surface area contributed by atoms with Crippen molar-refractivity contribution in [3.63, 3.8) is 0 Å². The van der Waals surface area contributed by atoms with Crippen molar-refractivity contribution in [1.29, 1.82) is 0 Å². The normalized spacial score (nSPS) is 11.8. The van der Waals surface area contributed by atoms with E-state index in [9.17, 15) is 13.2 Å². The topological polar surface area (TPSA) is 79.6 Å². The zero-order valence-electron chi connectivity index (χ0n) is 14.2. The fourth-order valence-corrected chi connectivity index (χ4v) is 3.47. The van der Waals surface area contributed by atoms with E-state index in [1.165, 1.54) is 26.2 Å². The Kier molecular flexibility index (Phi) is 5.04. The highest BCUT2D eigenvalue weighted by Crippen LogP contribution is 2.23. The molecule has 0 bridgehead atoms. The van der Waals surface area contributed by atoms with Crippen LogP contribution in [0, 0.1) is 0 Å². The molecule has 1 amide bonds. The number of rotatable bonds is 5. The third-order valence-corrected chi connectivity index (χ3v) is 5.92. The van der Waals surface area contributed by atoms with Crippen molar-refractivity contribution < 1.29 is 17.6 Å². The molecular weight excluding hydrogens is 376 g/mol. The van der Waals surface area contributed by atoms with Crippen LogP contribution in [0.5, 0.6) is 0 Å². The van der Waals surface area contributed by atoms with Gasteiger partial charge in [-0.05, 0) is 42.0 Å². The van der Waals surface area contributed by atoms with Crippen LogP contribution in [0.4, 0.5) is 0 Å². The van der Waals surface area contributed by atoms with E-state index in [0.717, 1.165) is 15.3 Å². The first-order valence-corrected chi connectivity index (χ1v) is 9.58. The number of carbonyl (C=O) groups is 1. The molecule has 2 aromatic carbocycles. The minimum atomic E-state index is -3.47. The van der Waals surface area contributed by atoms with E-state index in [2.05, 4.69) is 5.32 Å². The molecule has 8 heteroatoms. The van der Waals surface area contributed by atoms with Crippen LogP contribution in [-0.2, 0) is 16.6 Å². The number of halogens is 1. The zero-order valence-corrected chi connectivity index (χ0v) is 15.8. The number of amides is 1. The Morgan fingerprint density at radius 2 is 1.81 bits per heavy atom. The Hall–Kier alpha value is -2.35. The van der Waals surface area contributed by atoms with Crippen LogP contribution in [0.15, 0.2) is 57.8 Å². The molecule has 0 spiro atoms. The second kappa shape index (κ2) is 7.11. The van der Waals surface area contributed by atoms with E-state index in [-0.39, 0.29) is 23.1 Å². The van der Waals surface area contributed by atoms with Crippen LogP contribution < -0.4 is 5.32 Å². The van der Waals surface area contributed by atoms with Gasteiger partial charge in [0, 0.05) is 31.0 Å². The Morgan fingerprint density at radius 3 is 2.46 bits per heavy atom. The zero-order chi connectivity index (χ0) is 18.9. The Morgan fingerprint density at radius 1 is 1.12 bits per heavy atom. The average molecular weight is 393 g/mol. The quantitative estimate of drug-likeness (QED) is 0.722. The highest BCUT2D eigenvalue weighted by atomic mass is 35.5. The van der Waals surface area contributed by atoms with Crippen LogP contribution in [0.2, 0.25) is 5.02 Å². The summed E-state index contributed by atoms with van der Waals surface area (Å²) in [7, 11) is -0.514. The number of benzene rings is 2. The summed E-state index contributed by atoms with van der Waals surface area (Å²) in [5, 5.41) is 4.06. The lowest BCUT2D eigenvalue weighted by atomic mass is 10.2. The van der Waals surface area contributed by atoms with E-state index in [1.807, 2.05) is 0 Å². The molecule has 136 valence electrons. The van der Waals surface area contributed by atoms with Crippen LogP contribution in [0.25, 0.3) is 11.0 Å². The number of fused-ring (bicyclic) bond motifs is 1. The summed E-state index contributed by atoms with van der Waals surface area (Å²) in [6, 6.07) is 13.1. The first-order valence-electron chi connectivity index (χ1n) is 7.76. The number of furan rings is 1. The minimum absolute atomic E-state index is 0.189. The van der Waals surface area contributed by atoms with E-state index in [4.69, 9.17) is 16.0 Å². The molecule has 0 unspecified atom stereocenters. The van der Waals surface area contributed by atoms with Gasteiger partial charge in [-0.15, -0.1) is 0 Å². The van der Waals surface area contributed by atoms with Gasteiger partial charge in [-0.2, -0.15) is 0 Å². The van der Waals surface area contributed by atoms with Crippen LogP contribution in [0.1, 0.15) is 16.1 Å². The largest absolute Gasteiger partial charge is 0.451 e. The number of hydrogen-bond acceptors (Lipinski definition) is 4. The van der Waals surface area contributed by atoms with E-state index in [0.29, 0.717) is 10.6 Å². The van der Waals surface area contributed by atoms with Crippen molar-refractivity contribution in [3.05, 3.63) is 64.9 Å². The molecule has 0 aliphatic rings. The number of nitrogens with one attached hydrogen (secondary N) is 1. The third-order valence-electron chi connectivity index (χ3n) is 3.86. The molecule has 0 saturated heterocycles. The SMILES string of the molecule is CN(C)S(=O)(=O)c1ccc(CNC(=O)c2cc3cc(Cl)ccc3o2)cc1. The smallest absolute Gasteiger partial charge is 0.287 e. The van der Waals surface area contributed by atoms with Gasteiger partial charge in [0.15, 0.2) is 5.76 Å². The summed E-state index contributed by atoms with van der Waals surface area (Å²) in [5.74, 6) is -0.170. The summed E-state index contributed by atoms with van der Waals surface area (Å²) in [6.07, 6.45) is 0. The maximum atomic E-state index is 12.2. The molecule has 0 radical (unpaired) electrons. The summed E-state index contributed by atoms with van der Waals surface area (Å²) in [5.41, 5.74) is 1.35. The lowest BCUT2D eigenvalue weighted by molar-refractivity contribution is 0.0925. The predicted molar refractivity (Wildman–Crippen MR) is 99.7 cm³/mol. The van der Waals surface area contributed by atoms with E-state index in [1.54, 1.807) is 36.4 Å². The van der Waals surface area contributed by atoms with Gasteiger partial charge in [-0.3, -0.25) is 4.79 Å². The van der Waals surface area contributed by atoms with Crippen LogP contribution in [0.3, 0.4) is 0 Å². The molecule has 1 N–H and O–H groups in total. The Balaban J connectivity index is 1.69. The lowest BCUT2D eigenvalue weighted by Gasteiger charge is -2.11. The van der Waals surface area contributed by atoms with Gasteiger partial charge in [-0.1, -0.05) is 23.7 Å². The molecule has 3 aromatic rings. The monoisotopic (exact) mass is 392 g/mol. The van der Waals surface area contributed by atoms with Crippen molar-refractivity contribution in [2.75, 3.05) is 14.1 Å². The standard InChI is InChI=1S/C18H17ClN2O4S/c1-21(2)26(23,24)15-6-3-12(4-7-15)11-20-18(22)17-10-13-9-14(19)5-8-16(13)25-17/h3-10H,11H2,1-2H3,(H,20,22). The first kappa shape index (κ1) is 18.4. The highest BCUT2D eigenvalue weighted by molar-refractivity contribution is 7.89. The van der Waals surface area contributed by atoms with Crippen molar-refractivity contribution in [2.45, 2.75) is 11.4 Å². The Labute approximate surface area is 156 Å². The number of sulfonamides is 1. The molecule has 26 heavy (non-hydrogen) atoms. The minimum Gasteiger partial charge on any atom is -0.451 e. The first-order chi connectivity index (χ1) is 12.3. The van der Waals surface area contributed by atoms with Gasteiger partial charge < -0.3 is 9.73 Å². The number of nitrogens with zero attached hydrogens (tertiary/aromatic N) is 1. The van der Waals surface area contributed by atoms with Crippen LogP contribution in [-0.4, -0.2) is 32.7 Å². The van der Waals surface area contributed by atoms with Gasteiger partial charge in [0.25, 0.3) is 5.91 Å². The van der Waals surface area contributed by atoms with E-state index >= 15 is 0 Å². The highest BCUT2D eigenvalue weighted by Gasteiger charge is 2.17. The summed E-state index contributed by atoms with van der Waals surface area (Å²) >= 11 is 5.92. The summed E-state index contributed by atoms with van der Waals surface area (Å²) < 4.78 is 30.7. The molecule has 1 aromatic heterocycles. The fourth-order valence-electron chi connectivity index (χ4n) is 2.39. The molecule has 0 aliphatic carbocycles. The maximum absolute atomic E-state index is 12.2. The van der Waals surface area contributed by atoms with Gasteiger partial charge >= 0.3 is 0 Å². The van der Waals surface area contributed by atoms with Gasteiger partial charge in [0.2, 0.25) is 10.0 Å². The molecule has 0 saturated carbocycles. The van der Waals surface area contributed by atoms with Crippen molar-refractivity contribution in [3.8, 4) is 0 Å². The molecule has 3 rings (SSSR count). The Bertz CT molecular complexity index is 1060. The third kappa shape index (κ3) is 3.75. The molecular formula is C18H17ClN2O4S. The second-order valence-electron chi connectivity index (χ2n) is 5.91. The van der Waals surface area contributed by atoms with Gasteiger partial charge in [-0.25, -0.2) is 12.7 Å². The fraction of sp³-hybridized carbons (Fsp3) is 0.167. The lowest BCUT2D eigenvalue weighted by Crippen LogP contribution is -2.23. The predicted octanol–water partition coefficient (Wildman–Crippen LogP) is 3.27. The summed E-state index contributed by atoms with van der Waals surface area (Å²) in [4.78, 5) is 12.4. The average Bonchev–Trinajstić information content (AvgIpc) is 3.03. The van der Waals surface area contributed by atoms with Crippen molar-refractivity contribution in [2.24, 2.45) is 0 Å². The second-order valence-corrected chi connectivity index (χ2v) is 8.50. The molecule has 1 heterocycles. The van der Waals surface area contributed by atoms with Crippen LogP contribution >= 0.6 is 11.6 Å². The van der Waals surface area contributed by atoms with E-state index < -0.39 is 10.0 Å². The summed E-state index contributed by atoms with van der Waals surface area (Å²) in [6.45, 7) is 0.249. The van der Waals surface area contributed by atoms with Gasteiger partial charge in [0.1, 0.15) is 5.58 Å².